The van der Waals surface area contributed by atoms with E-state index in [9.17, 15) is 0 Å². The van der Waals surface area contributed by atoms with E-state index in [1.807, 2.05) is 13.0 Å². The van der Waals surface area contributed by atoms with Crippen LogP contribution in [-0.4, -0.2) is 24.4 Å². The van der Waals surface area contributed by atoms with Crippen LogP contribution in [-0.2, 0) is 0 Å². The van der Waals surface area contributed by atoms with Crippen LogP contribution < -0.4 is 15.2 Å². The van der Waals surface area contributed by atoms with Crippen molar-refractivity contribution in [2.24, 2.45) is 0 Å². The van der Waals surface area contributed by atoms with Gasteiger partial charge in [-0.25, -0.2) is 0 Å². The van der Waals surface area contributed by atoms with Crippen molar-refractivity contribution in [3.8, 4) is 22.6 Å². The van der Waals surface area contributed by atoms with E-state index < -0.39 is 0 Å². The zero-order valence-electron chi connectivity index (χ0n) is 10.4. The summed E-state index contributed by atoms with van der Waals surface area (Å²) in [6.45, 7) is 1.93. The molecule has 0 bridgehead atoms. The molecular weight excluding hydrogens is 254 g/mol. The number of aryl methyl sites for hydroxylation is 1. The van der Waals surface area contributed by atoms with Crippen molar-refractivity contribution in [1.29, 1.82) is 0 Å². The first kappa shape index (κ1) is 12.6. The van der Waals surface area contributed by atoms with Crippen molar-refractivity contribution in [1.82, 2.24) is 10.2 Å². The van der Waals surface area contributed by atoms with E-state index in [0.717, 1.165) is 16.7 Å². The highest BCUT2D eigenvalue weighted by molar-refractivity contribution is 6.32. The summed E-state index contributed by atoms with van der Waals surface area (Å²) >= 11 is 6.13. The van der Waals surface area contributed by atoms with E-state index >= 15 is 0 Å². The zero-order chi connectivity index (χ0) is 13.3. The SMILES string of the molecule is COc1c(Cl)cc(C)c(-c2cn[nH]c2N)c1OC. The molecule has 0 amide bonds. The summed E-state index contributed by atoms with van der Waals surface area (Å²) in [5.74, 6) is 1.51. The summed E-state index contributed by atoms with van der Waals surface area (Å²) in [6, 6.07) is 1.81. The number of nitrogens with zero attached hydrogens (tertiary/aromatic N) is 1. The molecule has 5 nitrogen and oxygen atoms in total. The number of methoxy groups -OCH3 is 2. The van der Waals surface area contributed by atoms with Gasteiger partial charge in [-0.2, -0.15) is 5.10 Å². The quantitative estimate of drug-likeness (QED) is 0.897. The number of H-pyrrole nitrogens is 1. The monoisotopic (exact) mass is 267 g/mol. The van der Waals surface area contributed by atoms with Crippen LogP contribution in [0.1, 0.15) is 5.56 Å². The van der Waals surface area contributed by atoms with Gasteiger partial charge in [-0.15, -0.1) is 0 Å². The van der Waals surface area contributed by atoms with Crippen molar-refractivity contribution in [3.63, 3.8) is 0 Å². The summed E-state index contributed by atoms with van der Waals surface area (Å²) in [5, 5.41) is 7.11. The Kier molecular flexibility index (Phi) is 3.34. The average Bonchev–Trinajstić information content (AvgIpc) is 2.74. The minimum absolute atomic E-state index is 0.473. The van der Waals surface area contributed by atoms with E-state index in [-0.39, 0.29) is 0 Å². The maximum Gasteiger partial charge on any atom is 0.180 e. The van der Waals surface area contributed by atoms with Crippen LogP contribution >= 0.6 is 11.6 Å². The number of rotatable bonds is 3. The van der Waals surface area contributed by atoms with Crippen LogP contribution in [0.2, 0.25) is 5.02 Å². The molecule has 2 aromatic rings. The number of benzene rings is 1. The lowest BCUT2D eigenvalue weighted by Crippen LogP contribution is -1.98. The Morgan fingerprint density at radius 2 is 1.94 bits per heavy atom. The van der Waals surface area contributed by atoms with E-state index in [1.54, 1.807) is 20.4 Å². The first-order valence-corrected chi connectivity index (χ1v) is 5.68. The van der Waals surface area contributed by atoms with Crippen molar-refractivity contribution in [2.75, 3.05) is 20.0 Å². The van der Waals surface area contributed by atoms with Gasteiger partial charge in [-0.3, -0.25) is 5.10 Å². The van der Waals surface area contributed by atoms with E-state index in [4.69, 9.17) is 26.8 Å². The molecule has 18 heavy (non-hydrogen) atoms. The fraction of sp³-hybridized carbons (Fsp3) is 0.250. The number of hydrogen-bond acceptors (Lipinski definition) is 4. The van der Waals surface area contributed by atoms with Crippen molar-refractivity contribution >= 4 is 17.4 Å². The number of aromatic nitrogens is 2. The number of nitrogens with two attached hydrogens (primary N) is 1. The molecule has 0 fully saturated rings. The molecule has 96 valence electrons. The van der Waals surface area contributed by atoms with Crippen LogP contribution in [0.25, 0.3) is 11.1 Å². The van der Waals surface area contributed by atoms with Crippen molar-refractivity contribution in [3.05, 3.63) is 22.8 Å². The molecule has 0 aliphatic rings. The summed E-state index contributed by atoms with van der Waals surface area (Å²) in [4.78, 5) is 0. The topological polar surface area (TPSA) is 73.2 Å². The van der Waals surface area contributed by atoms with Crippen molar-refractivity contribution in [2.45, 2.75) is 6.92 Å². The smallest absolute Gasteiger partial charge is 0.180 e. The highest BCUT2D eigenvalue weighted by atomic mass is 35.5. The maximum atomic E-state index is 6.13. The third-order valence-electron chi connectivity index (χ3n) is 2.73. The summed E-state index contributed by atoms with van der Waals surface area (Å²) in [6.07, 6.45) is 1.65. The van der Waals surface area contributed by atoms with E-state index in [1.165, 1.54) is 0 Å². The number of nitrogen functional groups attached to an aromatic ring is 1. The maximum absolute atomic E-state index is 6.13. The molecule has 1 aromatic carbocycles. The highest BCUT2D eigenvalue weighted by Crippen LogP contribution is 2.45. The van der Waals surface area contributed by atoms with Gasteiger partial charge < -0.3 is 15.2 Å². The zero-order valence-corrected chi connectivity index (χ0v) is 11.1. The fourth-order valence-electron chi connectivity index (χ4n) is 1.94. The van der Waals surface area contributed by atoms with Crippen molar-refractivity contribution < 1.29 is 9.47 Å². The Balaban J connectivity index is 2.78. The Bertz CT molecular complexity index is 581. The first-order chi connectivity index (χ1) is 8.60. The molecule has 0 saturated heterocycles. The standard InChI is InChI=1S/C12H14ClN3O2/c1-6-4-8(13)10(17-2)11(18-3)9(6)7-5-15-16-12(7)14/h4-5H,1-3H3,(H3,14,15,16). The molecule has 0 atom stereocenters. The summed E-state index contributed by atoms with van der Waals surface area (Å²) in [7, 11) is 3.11. The number of aromatic amines is 1. The Morgan fingerprint density at radius 1 is 1.28 bits per heavy atom. The van der Waals surface area contributed by atoms with Crippen LogP contribution in [0.15, 0.2) is 12.3 Å². The van der Waals surface area contributed by atoms with Gasteiger partial charge in [-0.05, 0) is 18.6 Å². The number of halogens is 1. The lowest BCUT2D eigenvalue weighted by molar-refractivity contribution is 0.356. The lowest BCUT2D eigenvalue weighted by atomic mass is 10.0. The molecule has 0 unspecified atom stereocenters. The number of anilines is 1. The molecule has 0 radical (unpaired) electrons. The molecule has 0 spiro atoms. The summed E-state index contributed by atoms with van der Waals surface area (Å²) in [5.41, 5.74) is 8.37. The molecule has 6 heteroatoms. The van der Waals surface area contributed by atoms with Gasteiger partial charge in [0.15, 0.2) is 11.5 Å². The molecule has 0 saturated carbocycles. The third kappa shape index (κ3) is 1.86. The molecule has 1 heterocycles. The van der Waals surface area contributed by atoms with Crippen LogP contribution in [0.4, 0.5) is 5.82 Å². The second-order valence-corrected chi connectivity index (χ2v) is 4.22. The molecule has 2 rings (SSSR count). The molecule has 0 aliphatic carbocycles. The molecule has 1 aromatic heterocycles. The molecule has 3 N–H and O–H groups in total. The summed E-state index contributed by atoms with van der Waals surface area (Å²) < 4.78 is 10.7. The largest absolute Gasteiger partial charge is 0.492 e. The van der Waals surface area contributed by atoms with Gasteiger partial charge in [0.1, 0.15) is 5.82 Å². The number of nitrogens with one attached hydrogen (secondary N) is 1. The van der Waals surface area contributed by atoms with Gasteiger partial charge >= 0.3 is 0 Å². The Morgan fingerprint density at radius 3 is 2.44 bits per heavy atom. The predicted octanol–water partition coefficient (Wildman–Crippen LogP) is 2.64. The average molecular weight is 268 g/mol. The minimum Gasteiger partial charge on any atom is -0.492 e. The fourth-order valence-corrected chi connectivity index (χ4v) is 2.27. The third-order valence-corrected chi connectivity index (χ3v) is 3.01. The van der Waals surface area contributed by atoms with Crippen LogP contribution in [0.3, 0.4) is 0 Å². The number of hydrogen-bond donors (Lipinski definition) is 2. The minimum atomic E-state index is 0.473. The van der Waals surface area contributed by atoms with E-state index in [2.05, 4.69) is 10.2 Å². The van der Waals surface area contributed by atoms with E-state index in [0.29, 0.717) is 22.3 Å². The lowest BCUT2D eigenvalue weighted by Gasteiger charge is -2.16. The second kappa shape index (κ2) is 4.78. The van der Waals surface area contributed by atoms with Crippen LogP contribution in [0, 0.1) is 6.92 Å². The second-order valence-electron chi connectivity index (χ2n) is 3.81. The first-order valence-electron chi connectivity index (χ1n) is 5.30. The number of ether oxygens (including phenoxy) is 2. The van der Waals surface area contributed by atoms with Gasteiger partial charge in [0, 0.05) is 11.1 Å². The van der Waals surface area contributed by atoms with Gasteiger partial charge in [0.2, 0.25) is 0 Å². The van der Waals surface area contributed by atoms with Gasteiger partial charge in [0.25, 0.3) is 0 Å². The molecule has 0 aliphatic heterocycles. The predicted molar refractivity (Wildman–Crippen MR) is 71.3 cm³/mol. The Labute approximate surface area is 110 Å². The van der Waals surface area contributed by atoms with Gasteiger partial charge in [0.05, 0.1) is 25.4 Å². The van der Waals surface area contributed by atoms with Gasteiger partial charge in [-0.1, -0.05) is 11.6 Å². The molecular formula is C12H14ClN3O2. The normalized spacial score (nSPS) is 10.4. The highest BCUT2D eigenvalue weighted by Gasteiger charge is 2.20. The van der Waals surface area contributed by atoms with Crippen LogP contribution in [0.5, 0.6) is 11.5 Å². The Hall–Kier alpha value is -1.88.